The van der Waals surface area contributed by atoms with Gasteiger partial charge in [-0.25, -0.2) is 4.98 Å². The lowest BCUT2D eigenvalue weighted by Crippen LogP contribution is -2.49. The van der Waals surface area contributed by atoms with Gasteiger partial charge in [0.05, 0.1) is 5.69 Å². The van der Waals surface area contributed by atoms with Crippen LogP contribution in [0.15, 0.2) is 42.6 Å². The van der Waals surface area contributed by atoms with Crippen LogP contribution in [0.4, 0.5) is 24.7 Å². The van der Waals surface area contributed by atoms with Crippen LogP contribution in [0.3, 0.4) is 0 Å². The van der Waals surface area contributed by atoms with Crippen molar-refractivity contribution < 1.29 is 32.2 Å². The van der Waals surface area contributed by atoms with Gasteiger partial charge in [0.1, 0.15) is 18.0 Å². The number of anilines is 2. The Morgan fingerprint density at radius 2 is 1.86 bits per heavy atom. The summed E-state index contributed by atoms with van der Waals surface area (Å²) in [5.74, 6) is -0.622. The van der Waals surface area contributed by atoms with E-state index in [4.69, 9.17) is 4.74 Å². The fourth-order valence-corrected chi connectivity index (χ4v) is 3.07. The Morgan fingerprint density at radius 3 is 2.52 bits per heavy atom. The maximum absolute atomic E-state index is 13.2. The van der Waals surface area contributed by atoms with Gasteiger partial charge in [0.2, 0.25) is 5.91 Å². The third-order valence-corrected chi connectivity index (χ3v) is 4.50. The van der Waals surface area contributed by atoms with E-state index in [0.29, 0.717) is 11.5 Å². The number of rotatable bonds is 5. The highest BCUT2D eigenvalue weighted by atomic mass is 19.4. The molecule has 0 radical (unpaired) electrons. The molecule has 1 saturated carbocycles. The van der Waals surface area contributed by atoms with Crippen LogP contribution in [0.2, 0.25) is 0 Å². The Labute approximate surface area is 163 Å². The number of nitrogens with one attached hydrogen (secondary N) is 1. The maximum Gasteiger partial charge on any atom is 0.573 e. The first-order valence-corrected chi connectivity index (χ1v) is 8.89. The Bertz CT molecular complexity index is 929. The average Bonchev–Trinajstić information content (AvgIpc) is 3.50. The normalized spacial score (nSPS) is 17.2. The summed E-state index contributed by atoms with van der Waals surface area (Å²) < 4.78 is 46.5. The smallest absolute Gasteiger partial charge is 0.480 e. The number of carbonyl (C=O) groups excluding carboxylic acids is 2. The minimum absolute atomic E-state index is 0.0363. The summed E-state index contributed by atoms with van der Waals surface area (Å²) in [6.45, 7) is -0.187. The van der Waals surface area contributed by atoms with Crippen LogP contribution in [0.5, 0.6) is 11.5 Å². The highest BCUT2D eigenvalue weighted by Crippen LogP contribution is 2.38. The van der Waals surface area contributed by atoms with E-state index >= 15 is 0 Å². The minimum Gasteiger partial charge on any atom is -0.480 e. The van der Waals surface area contributed by atoms with E-state index in [-0.39, 0.29) is 29.9 Å². The number of hydrogen-bond acceptors (Lipinski definition) is 5. The van der Waals surface area contributed by atoms with Gasteiger partial charge in [-0.3, -0.25) is 14.5 Å². The van der Waals surface area contributed by atoms with Crippen molar-refractivity contribution >= 4 is 23.3 Å². The molecular formula is C19H16F3N3O4. The molecule has 2 amide bonds. The lowest BCUT2D eigenvalue weighted by molar-refractivity contribution is -0.274. The Kier molecular flexibility index (Phi) is 4.77. The molecule has 152 valence electrons. The highest BCUT2D eigenvalue weighted by Gasteiger charge is 2.42. The van der Waals surface area contributed by atoms with Gasteiger partial charge < -0.3 is 14.8 Å². The molecule has 2 aliphatic rings. The van der Waals surface area contributed by atoms with Crippen molar-refractivity contribution in [1.82, 2.24) is 4.98 Å². The molecule has 2 aromatic rings. The van der Waals surface area contributed by atoms with Crippen molar-refractivity contribution in [2.75, 3.05) is 16.8 Å². The van der Waals surface area contributed by atoms with E-state index in [9.17, 15) is 22.8 Å². The molecule has 4 rings (SSSR count). The third kappa shape index (κ3) is 4.41. The molecule has 1 aromatic carbocycles. The quantitative estimate of drug-likeness (QED) is 0.824. The van der Waals surface area contributed by atoms with Crippen LogP contribution in [-0.4, -0.2) is 35.8 Å². The summed E-state index contributed by atoms with van der Waals surface area (Å²) in [6, 6.07) is 8.13. The van der Waals surface area contributed by atoms with Crippen molar-refractivity contribution in [3.05, 3.63) is 42.6 Å². The Balaban J connectivity index is 1.53. The molecule has 2 heterocycles. The highest BCUT2D eigenvalue weighted by molar-refractivity contribution is 6.10. The van der Waals surface area contributed by atoms with Crippen molar-refractivity contribution in [3.63, 3.8) is 0 Å². The lowest BCUT2D eigenvalue weighted by atomic mass is 10.1. The first-order valence-electron chi connectivity index (χ1n) is 8.89. The predicted octanol–water partition coefficient (Wildman–Crippen LogP) is 3.12. The molecular weight excluding hydrogens is 391 g/mol. The van der Waals surface area contributed by atoms with Gasteiger partial charge in [-0.15, -0.1) is 13.2 Å². The molecule has 0 saturated heterocycles. The predicted molar refractivity (Wildman–Crippen MR) is 95.5 cm³/mol. The number of ether oxygens (including phenoxy) is 2. The number of alkyl halides is 3. The zero-order valence-corrected chi connectivity index (χ0v) is 15.0. The van der Waals surface area contributed by atoms with Crippen LogP contribution in [-0.2, 0) is 9.59 Å². The molecule has 1 N–H and O–H groups in total. The molecule has 1 fully saturated rings. The van der Waals surface area contributed by atoms with E-state index in [1.807, 2.05) is 0 Å². The molecule has 0 spiro atoms. The lowest BCUT2D eigenvalue weighted by Gasteiger charge is -2.31. The molecule has 0 bridgehead atoms. The number of pyridine rings is 1. The first kappa shape index (κ1) is 19.0. The van der Waals surface area contributed by atoms with Gasteiger partial charge in [0.15, 0.2) is 11.9 Å². The van der Waals surface area contributed by atoms with Gasteiger partial charge in [-0.05, 0) is 49.2 Å². The standard InChI is InChI=1S/C19H16F3N3O4/c20-19(21,22)29-13-7-5-12(6-8-13)28-16(11-3-4-11)18(27)25-10-15(26)24-14-2-1-9-23-17(14)25/h1-2,5-9,11,16H,3-4,10H2,(H,24,26). The largest absolute Gasteiger partial charge is 0.573 e. The topological polar surface area (TPSA) is 80.8 Å². The fraction of sp³-hybridized carbons (Fsp3) is 0.316. The summed E-state index contributed by atoms with van der Waals surface area (Å²) in [6.07, 6.45) is -2.58. The average molecular weight is 407 g/mol. The van der Waals surface area contributed by atoms with E-state index in [0.717, 1.165) is 25.0 Å². The molecule has 7 nitrogen and oxygen atoms in total. The Morgan fingerprint density at radius 1 is 1.17 bits per heavy atom. The van der Waals surface area contributed by atoms with Crippen LogP contribution in [0.1, 0.15) is 12.8 Å². The van der Waals surface area contributed by atoms with E-state index < -0.39 is 18.4 Å². The van der Waals surface area contributed by atoms with Gasteiger partial charge >= 0.3 is 6.36 Å². The van der Waals surface area contributed by atoms with Gasteiger partial charge in [-0.2, -0.15) is 0 Å². The van der Waals surface area contributed by atoms with Crippen LogP contribution in [0, 0.1) is 5.92 Å². The number of halogens is 3. The third-order valence-electron chi connectivity index (χ3n) is 4.50. The molecule has 1 aliphatic heterocycles. The molecule has 1 atom stereocenters. The number of carbonyl (C=O) groups is 2. The van der Waals surface area contributed by atoms with E-state index in [1.54, 1.807) is 12.1 Å². The molecule has 29 heavy (non-hydrogen) atoms. The second-order valence-corrected chi connectivity index (χ2v) is 6.74. The van der Waals surface area contributed by atoms with Crippen LogP contribution >= 0.6 is 0 Å². The second-order valence-electron chi connectivity index (χ2n) is 6.74. The van der Waals surface area contributed by atoms with Crippen molar-refractivity contribution in [2.45, 2.75) is 25.3 Å². The molecule has 10 heteroatoms. The van der Waals surface area contributed by atoms with E-state index in [2.05, 4.69) is 15.0 Å². The zero-order chi connectivity index (χ0) is 20.6. The van der Waals surface area contributed by atoms with Gasteiger partial charge in [0, 0.05) is 12.1 Å². The Hall–Kier alpha value is -3.30. The minimum atomic E-state index is -4.79. The summed E-state index contributed by atoms with van der Waals surface area (Å²) in [7, 11) is 0. The van der Waals surface area contributed by atoms with Crippen molar-refractivity contribution in [1.29, 1.82) is 0 Å². The zero-order valence-electron chi connectivity index (χ0n) is 15.0. The SMILES string of the molecule is O=C1CN(C(=O)C(Oc2ccc(OC(F)(F)F)cc2)C2CC2)c2ncccc2N1. The number of benzene rings is 1. The number of hydrogen-bond donors (Lipinski definition) is 1. The van der Waals surface area contributed by atoms with Crippen molar-refractivity contribution in [3.8, 4) is 11.5 Å². The molecule has 1 aliphatic carbocycles. The number of fused-ring (bicyclic) bond motifs is 1. The molecule has 1 unspecified atom stereocenters. The van der Waals surface area contributed by atoms with E-state index in [1.165, 1.54) is 23.2 Å². The second kappa shape index (κ2) is 7.26. The maximum atomic E-state index is 13.2. The number of aromatic nitrogens is 1. The van der Waals surface area contributed by atoms with Gasteiger partial charge in [0.25, 0.3) is 5.91 Å². The van der Waals surface area contributed by atoms with Crippen LogP contribution in [0.25, 0.3) is 0 Å². The number of nitrogens with zero attached hydrogens (tertiary/aromatic N) is 2. The summed E-state index contributed by atoms with van der Waals surface area (Å²) in [4.78, 5) is 30.6. The van der Waals surface area contributed by atoms with Gasteiger partial charge in [-0.1, -0.05) is 0 Å². The van der Waals surface area contributed by atoms with Crippen molar-refractivity contribution in [2.24, 2.45) is 5.92 Å². The molecule has 1 aromatic heterocycles. The summed E-state index contributed by atoms with van der Waals surface area (Å²) in [5.41, 5.74) is 0.431. The monoisotopic (exact) mass is 407 g/mol. The van der Waals surface area contributed by atoms with Crippen LogP contribution < -0.4 is 19.7 Å². The summed E-state index contributed by atoms with van der Waals surface area (Å²) in [5, 5.41) is 2.66. The number of amides is 2. The first-order chi connectivity index (χ1) is 13.8. The summed E-state index contributed by atoms with van der Waals surface area (Å²) >= 11 is 0. The fourth-order valence-electron chi connectivity index (χ4n) is 3.07.